The highest BCUT2D eigenvalue weighted by molar-refractivity contribution is 9.10. The van der Waals surface area contributed by atoms with Crippen LogP contribution < -0.4 is 10.1 Å². The minimum Gasteiger partial charge on any atom is -0.406 e. The largest absolute Gasteiger partial charge is 0.573 e. The van der Waals surface area contributed by atoms with Crippen LogP contribution in [0.4, 0.5) is 13.2 Å². The van der Waals surface area contributed by atoms with Gasteiger partial charge in [0, 0.05) is 41.7 Å². The fourth-order valence-electron chi connectivity index (χ4n) is 3.05. The Bertz CT molecular complexity index is 1230. The number of nitrogens with zero attached hydrogens (tertiary/aromatic N) is 5. The topological polar surface area (TPSA) is 102 Å². The van der Waals surface area contributed by atoms with E-state index in [-0.39, 0.29) is 27.8 Å². The second-order valence-electron chi connectivity index (χ2n) is 7.87. The molecule has 2 aromatic heterocycles. The van der Waals surface area contributed by atoms with Gasteiger partial charge in [-0.05, 0) is 39.0 Å². The van der Waals surface area contributed by atoms with Crippen molar-refractivity contribution in [3.8, 4) is 11.6 Å². The fourth-order valence-corrected chi connectivity index (χ4v) is 3.52. The summed E-state index contributed by atoms with van der Waals surface area (Å²) in [5.74, 6) is -1.13. The smallest absolute Gasteiger partial charge is 0.406 e. The number of carbonyl (C=O) groups is 2. The van der Waals surface area contributed by atoms with Crippen LogP contribution in [-0.2, 0) is 0 Å². The molecule has 0 saturated heterocycles. The molecule has 0 aliphatic rings. The monoisotopic (exact) mass is 554 g/mol. The molecular weight excluding hydrogens is 533 g/mol. The van der Waals surface area contributed by atoms with Crippen LogP contribution in [0, 0.1) is 0 Å². The number of hydrogen-bond donors (Lipinski definition) is 1. The standard InChI is InChI=1S/C22H22BrF3N6O3/c1-12(2)31(4)21(34)15-10-29-32(11-15)19-18(27-5-6-28-19)13(3)30-20(33)14-7-16(23)9-17(8-14)35-22(24,25)26/h5-13H,1-4H3,(H,30,33). The average Bonchev–Trinajstić information content (AvgIpc) is 3.26. The molecule has 0 fully saturated rings. The van der Waals surface area contributed by atoms with Crippen molar-refractivity contribution in [2.75, 3.05) is 7.05 Å². The summed E-state index contributed by atoms with van der Waals surface area (Å²) in [4.78, 5) is 35.5. The average molecular weight is 555 g/mol. The van der Waals surface area contributed by atoms with Gasteiger partial charge in [0.25, 0.3) is 11.8 Å². The lowest BCUT2D eigenvalue weighted by Gasteiger charge is -2.20. The lowest BCUT2D eigenvalue weighted by atomic mass is 10.1. The maximum absolute atomic E-state index is 12.8. The third-order valence-corrected chi connectivity index (χ3v) is 5.43. The molecule has 0 saturated carbocycles. The number of carbonyl (C=O) groups excluding carboxylic acids is 2. The second kappa shape index (κ2) is 10.4. The van der Waals surface area contributed by atoms with E-state index in [0.29, 0.717) is 11.3 Å². The predicted molar refractivity (Wildman–Crippen MR) is 123 cm³/mol. The van der Waals surface area contributed by atoms with E-state index >= 15 is 0 Å². The van der Waals surface area contributed by atoms with E-state index in [4.69, 9.17) is 0 Å². The number of benzene rings is 1. The molecule has 35 heavy (non-hydrogen) atoms. The van der Waals surface area contributed by atoms with Gasteiger partial charge in [-0.15, -0.1) is 13.2 Å². The summed E-state index contributed by atoms with van der Waals surface area (Å²) in [7, 11) is 1.68. The van der Waals surface area contributed by atoms with Crippen LogP contribution in [0.15, 0.2) is 47.5 Å². The number of ether oxygens (including phenoxy) is 1. The Morgan fingerprint density at radius 2 is 1.80 bits per heavy atom. The fraction of sp³-hybridized carbons (Fsp3) is 0.318. The van der Waals surface area contributed by atoms with Crippen LogP contribution in [0.1, 0.15) is 53.2 Å². The maximum atomic E-state index is 12.8. The van der Waals surface area contributed by atoms with E-state index < -0.39 is 24.1 Å². The van der Waals surface area contributed by atoms with Crippen molar-refractivity contribution in [1.29, 1.82) is 0 Å². The van der Waals surface area contributed by atoms with Gasteiger partial charge in [-0.2, -0.15) is 5.10 Å². The number of amides is 2. The van der Waals surface area contributed by atoms with Crippen LogP contribution in [0.3, 0.4) is 0 Å². The predicted octanol–water partition coefficient (Wildman–Crippen LogP) is 4.29. The minimum atomic E-state index is -4.90. The summed E-state index contributed by atoms with van der Waals surface area (Å²) < 4.78 is 43.3. The molecule has 2 heterocycles. The summed E-state index contributed by atoms with van der Waals surface area (Å²) in [6.45, 7) is 5.41. The van der Waals surface area contributed by atoms with Gasteiger partial charge in [0.2, 0.25) is 0 Å². The van der Waals surface area contributed by atoms with E-state index in [1.54, 1.807) is 18.9 Å². The molecule has 13 heteroatoms. The van der Waals surface area contributed by atoms with Gasteiger partial charge in [-0.25, -0.2) is 9.67 Å². The zero-order chi connectivity index (χ0) is 25.9. The molecule has 9 nitrogen and oxygen atoms in total. The van der Waals surface area contributed by atoms with Crippen molar-refractivity contribution in [2.45, 2.75) is 39.2 Å². The lowest BCUT2D eigenvalue weighted by Crippen LogP contribution is -2.32. The summed E-state index contributed by atoms with van der Waals surface area (Å²) in [6.07, 6.45) is 0.888. The number of hydrogen-bond acceptors (Lipinski definition) is 6. The molecule has 3 rings (SSSR count). The third-order valence-electron chi connectivity index (χ3n) is 4.97. The minimum absolute atomic E-state index is 0.00627. The number of halogens is 4. The first-order chi connectivity index (χ1) is 16.4. The molecule has 0 bridgehead atoms. The number of rotatable bonds is 7. The van der Waals surface area contributed by atoms with Gasteiger partial charge in [0.15, 0.2) is 5.82 Å². The normalized spacial score (nSPS) is 12.4. The van der Waals surface area contributed by atoms with Crippen molar-refractivity contribution in [3.63, 3.8) is 0 Å². The van der Waals surface area contributed by atoms with Crippen LogP contribution in [0.25, 0.3) is 5.82 Å². The van der Waals surface area contributed by atoms with E-state index in [1.807, 2.05) is 13.8 Å². The van der Waals surface area contributed by atoms with Crippen molar-refractivity contribution >= 4 is 27.7 Å². The van der Waals surface area contributed by atoms with Crippen molar-refractivity contribution < 1.29 is 27.5 Å². The van der Waals surface area contributed by atoms with Crippen LogP contribution in [0.5, 0.6) is 5.75 Å². The molecule has 186 valence electrons. The zero-order valence-corrected chi connectivity index (χ0v) is 20.8. The number of aromatic nitrogens is 4. The first-order valence-electron chi connectivity index (χ1n) is 10.4. The molecule has 3 aromatic rings. The van der Waals surface area contributed by atoms with E-state index in [9.17, 15) is 22.8 Å². The molecule has 0 aliphatic carbocycles. The van der Waals surface area contributed by atoms with Gasteiger partial charge in [0.05, 0.1) is 17.8 Å². The van der Waals surface area contributed by atoms with Crippen molar-refractivity contribution in [1.82, 2.24) is 30.0 Å². The molecule has 0 spiro atoms. The molecular formula is C22H22BrF3N6O3. The molecule has 1 atom stereocenters. The van der Waals surface area contributed by atoms with Crippen LogP contribution in [-0.4, -0.2) is 55.9 Å². The summed E-state index contributed by atoms with van der Waals surface area (Å²) in [6, 6.07) is 2.72. The van der Waals surface area contributed by atoms with E-state index in [2.05, 4.69) is 41.1 Å². The maximum Gasteiger partial charge on any atom is 0.573 e. The highest BCUT2D eigenvalue weighted by Gasteiger charge is 2.31. The summed E-state index contributed by atoms with van der Waals surface area (Å²) in [5, 5.41) is 6.90. The number of nitrogens with one attached hydrogen (secondary N) is 1. The lowest BCUT2D eigenvalue weighted by molar-refractivity contribution is -0.274. The van der Waals surface area contributed by atoms with Crippen LogP contribution in [0.2, 0.25) is 0 Å². The molecule has 0 radical (unpaired) electrons. The molecule has 2 amide bonds. The molecule has 1 N–H and O–H groups in total. The van der Waals surface area contributed by atoms with E-state index in [0.717, 1.165) is 12.1 Å². The van der Waals surface area contributed by atoms with Gasteiger partial charge < -0.3 is 15.0 Å². The third kappa shape index (κ3) is 6.56. The highest BCUT2D eigenvalue weighted by Crippen LogP contribution is 2.28. The Balaban J connectivity index is 1.83. The Labute approximate surface area is 207 Å². The first-order valence-corrected chi connectivity index (χ1v) is 11.2. The Kier molecular flexibility index (Phi) is 7.78. The van der Waals surface area contributed by atoms with E-state index in [1.165, 1.54) is 35.5 Å². The molecule has 1 aromatic carbocycles. The van der Waals surface area contributed by atoms with Crippen molar-refractivity contribution in [2.24, 2.45) is 0 Å². The van der Waals surface area contributed by atoms with Gasteiger partial charge in [-0.1, -0.05) is 15.9 Å². The molecule has 1 unspecified atom stereocenters. The Morgan fingerprint density at radius 1 is 1.11 bits per heavy atom. The number of alkyl halides is 3. The highest BCUT2D eigenvalue weighted by atomic mass is 79.9. The van der Waals surface area contributed by atoms with Gasteiger partial charge in [0.1, 0.15) is 11.4 Å². The Hall–Kier alpha value is -3.48. The van der Waals surface area contributed by atoms with Gasteiger partial charge in [-0.3, -0.25) is 14.6 Å². The van der Waals surface area contributed by atoms with Crippen molar-refractivity contribution in [3.05, 3.63) is 64.3 Å². The quantitative estimate of drug-likeness (QED) is 0.467. The van der Waals surface area contributed by atoms with Crippen LogP contribution >= 0.6 is 15.9 Å². The molecule has 0 aliphatic heterocycles. The first kappa shape index (κ1) is 26.1. The SMILES string of the molecule is CC(NC(=O)c1cc(Br)cc(OC(F)(F)F)c1)c1nccnc1-n1cc(C(=O)N(C)C(C)C)cn1. The summed E-state index contributed by atoms with van der Waals surface area (Å²) in [5.41, 5.74) is 0.627. The second-order valence-corrected chi connectivity index (χ2v) is 8.78. The Morgan fingerprint density at radius 3 is 2.46 bits per heavy atom. The zero-order valence-electron chi connectivity index (χ0n) is 19.2. The van der Waals surface area contributed by atoms with Gasteiger partial charge >= 0.3 is 6.36 Å². The summed E-state index contributed by atoms with van der Waals surface area (Å²) >= 11 is 3.08.